The Balaban J connectivity index is 1.20. The zero-order valence-electron chi connectivity index (χ0n) is 27.6. The summed E-state index contributed by atoms with van der Waals surface area (Å²) in [5.74, 6) is 0.924. The molecule has 2 aromatic carbocycles. The van der Waals surface area contributed by atoms with E-state index in [1.807, 2.05) is 62.1 Å². The van der Waals surface area contributed by atoms with Crippen LogP contribution in [0.5, 0.6) is 5.75 Å². The number of nitrogens with zero attached hydrogens (tertiary/aromatic N) is 3. The molecule has 2 amide bonds. The molecule has 11 heteroatoms. The maximum atomic E-state index is 12.8. The van der Waals surface area contributed by atoms with Gasteiger partial charge in [0.15, 0.2) is 5.78 Å². The average molecular weight is 649 g/mol. The van der Waals surface area contributed by atoms with Crippen LogP contribution in [-0.4, -0.2) is 90.3 Å². The summed E-state index contributed by atoms with van der Waals surface area (Å²) < 4.78 is 6.21. The molecule has 0 saturated carbocycles. The van der Waals surface area contributed by atoms with E-state index in [4.69, 9.17) is 17.0 Å². The number of ketones is 1. The number of carbonyl (C=O) groups excluding carboxylic acids is 3. The summed E-state index contributed by atoms with van der Waals surface area (Å²) in [6.07, 6.45) is 2.39. The van der Waals surface area contributed by atoms with E-state index in [0.29, 0.717) is 38.1 Å². The lowest BCUT2D eigenvalue weighted by molar-refractivity contribution is -0.122. The highest BCUT2D eigenvalue weighted by Gasteiger charge is 2.33. The molecule has 0 radical (unpaired) electrons. The minimum Gasteiger partial charge on any atom is -0.492 e. The average Bonchev–Trinajstić information content (AvgIpc) is 3.03. The van der Waals surface area contributed by atoms with Crippen LogP contribution in [0.2, 0.25) is 0 Å². The second-order valence-corrected chi connectivity index (χ2v) is 12.6. The Bertz CT molecular complexity index is 1420. The molecule has 0 spiro atoms. The fourth-order valence-corrected chi connectivity index (χ4v) is 6.29. The van der Waals surface area contributed by atoms with Crippen molar-refractivity contribution >= 4 is 52.4 Å². The molecular weight excluding hydrogens is 600 g/mol. The number of hydrogen-bond acceptors (Lipinski definition) is 8. The SMILES string of the molecule is C=C1NC(=O)CCC1Nc1cccc(NC(=O)CN2CCN(CCOc3ccc(N(C=S)C(C)(C)C(=O)CC)cc3CC)CC2)c1. The fourth-order valence-electron chi connectivity index (χ4n) is 5.90. The normalized spacial score (nSPS) is 17.6. The van der Waals surface area contributed by atoms with Gasteiger partial charge in [0, 0.05) is 68.3 Å². The second-order valence-electron chi connectivity index (χ2n) is 12.4. The number of ether oxygens (including phenoxy) is 1. The van der Waals surface area contributed by atoms with Crippen LogP contribution in [0, 0.1) is 0 Å². The summed E-state index contributed by atoms with van der Waals surface area (Å²) in [5, 5.41) is 9.20. The molecule has 2 fully saturated rings. The predicted octanol–water partition coefficient (Wildman–Crippen LogP) is 4.61. The lowest BCUT2D eigenvalue weighted by atomic mass is 9.94. The van der Waals surface area contributed by atoms with E-state index in [1.54, 1.807) is 5.49 Å². The Morgan fingerprint density at radius 1 is 1.11 bits per heavy atom. The quantitative estimate of drug-likeness (QED) is 0.239. The molecule has 46 heavy (non-hydrogen) atoms. The maximum absolute atomic E-state index is 12.8. The van der Waals surface area contributed by atoms with E-state index in [2.05, 4.69) is 45.3 Å². The zero-order chi connectivity index (χ0) is 33.3. The zero-order valence-corrected chi connectivity index (χ0v) is 28.4. The van der Waals surface area contributed by atoms with Crippen molar-refractivity contribution in [1.82, 2.24) is 15.1 Å². The van der Waals surface area contributed by atoms with Gasteiger partial charge < -0.3 is 25.6 Å². The molecule has 0 aromatic heterocycles. The van der Waals surface area contributed by atoms with Gasteiger partial charge in [0.25, 0.3) is 0 Å². The van der Waals surface area contributed by atoms with Crippen molar-refractivity contribution < 1.29 is 19.1 Å². The van der Waals surface area contributed by atoms with Crippen LogP contribution < -0.4 is 25.6 Å². The Hall–Kier alpha value is -3.80. The number of piperidine rings is 1. The molecular formula is C35H48N6O4S. The van der Waals surface area contributed by atoms with Crippen LogP contribution in [0.4, 0.5) is 17.1 Å². The number of thiocarbonyl (C=S) groups is 1. The van der Waals surface area contributed by atoms with Crippen molar-refractivity contribution in [2.75, 3.05) is 61.4 Å². The van der Waals surface area contributed by atoms with Gasteiger partial charge in [0.05, 0.1) is 23.6 Å². The van der Waals surface area contributed by atoms with E-state index in [0.717, 1.165) is 67.5 Å². The first-order valence-electron chi connectivity index (χ1n) is 16.2. The van der Waals surface area contributed by atoms with Crippen LogP contribution in [0.3, 0.4) is 0 Å². The number of nitrogens with one attached hydrogen (secondary N) is 3. The molecule has 0 bridgehead atoms. The molecule has 2 aromatic rings. The minimum atomic E-state index is -0.720. The molecule has 1 unspecified atom stereocenters. The number of amides is 2. The molecule has 10 nitrogen and oxygen atoms in total. The number of hydrogen-bond donors (Lipinski definition) is 3. The summed E-state index contributed by atoms with van der Waals surface area (Å²) >= 11 is 5.29. The number of piperazine rings is 1. The summed E-state index contributed by atoms with van der Waals surface area (Å²) in [4.78, 5) is 43.4. The van der Waals surface area contributed by atoms with E-state index >= 15 is 0 Å². The Kier molecular flexibility index (Phi) is 12.3. The van der Waals surface area contributed by atoms with Gasteiger partial charge in [-0.05, 0) is 68.7 Å². The van der Waals surface area contributed by atoms with Gasteiger partial charge in [-0.25, -0.2) is 0 Å². The Morgan fingerprint density at radius 3 is 2.50 bits per heavy atom. The van der Waals surface area contributed by atoms with Crippen LogP contribution in [0.1, 0.15) is 52.5 Å². The van der Waals surface area contributed by atoms with Gasteiger partial charge in [-0.3, -0.25) is 24.2 Å². The largest absolute Gasteiger partial charge is 0.492 e. The summed E-state index contributed by atoms with van der Waals surface area (Å²) in [6.45, 7) is 16.8. The molecule has 4 rings (SSSR count). The molecule has 248 valence electrons. The molecule has 3 N–H and O–H groups in total. The van der Waals surface area contributed by atoms with Crippen molar-refractivity contribution in [3.8, 4) is 5.75 Å². The van der Waals surface area contributed by atoms with Crippen molar-refractivity contribution in [1.29, 1.82) is 0 Å². The standard InChI is InChI=1S/C35H48N6O4S/c1-6-26-21-29(41(24-46)35(4,5)32(42)7-2)11-13-31(26)45-20-19-39-15-17-40(18-16-39)23-34(44)38-28-10-8-9-27(22-28)37-30-12-14-33(43)36-25(30)3/h8-11,13,21-22,24,30,37H,3,6-7,12,14-20,23H2,1-2,4-5H3,(H,36,43)(H,38,44). The first-order chi connectivity index (χ1) is 22.0. The monoisotopic (exact) mass is 648 g/mol. The predicted molar refractivity (Wildman–Crippen MR) is 189 cm³/mol. The Morgan fingerprint density at radius 2 is 1.83 bits per heavy atom. The number of Topliss-reactive ketones (excluding diaryl/α,β-unsaturated/α-hetero) is 1. The van der Waals surface area contributed by atoms with E-state index in [-0.39, 0.29) is 23.6 Å². The van der Waals surface area contributed by atoms with Crippen molar-refractivity contribution in [2.45, 2.75) is 65.0 Å². The third-order valence-corrected chi connectivity index (χ3v) is 8.99. The smallest absolute Gasteiger partial charge is 0.238 e. The topological polar surface area (TPSA) is 106 Å². The highest BCUT2D eigenvalue weighted by molar-refractivity contribution is 7.79. The van der Waals surface area contributed by atoms with Crippen LogP contribution in [-0.2, 0) is 20.8 Å². The molecule has 2 saturated heterocycles. The first kappa shape index (κ1) is 35.1. The second kappa shape index (κ2) is 16.2. The van der Waals surface area contributed by atoms with Crippen molar-refractivity contribution in [2.24, 2.45) is 0 Å². The van der Waals surface area contributed by atoms with Gasteiger partial charge in [0.1, 0.15) is 12.4 Å². The van der Waals surface area contributed by atoms with Crippen LogP contribution >= 0.6 is 12.2 Å². The van der Waals surface area contributed by atoms with Crippen molar-refractivity contribution in [3.63, 3.8) is 0 Å². The maximum Gasteiger partial charge on any atom is 0.238 e. The van der Waals surface area contributed by atoms with Gasteiger partial charge in [-0.15, -0.1) is 0 Å². The van der Waals surface area contributed by atoms with E-state index < -0.39 is 5.54 Å². The molecule has 2 aliphatic heterocycles. The van der Waals surface area contributed by atoms with Crippen LogP contribution in [0.15, 0.2) is 54.7 Å². The van der Waals surface area contributed by atoms with E-state index in [1.165, 1.54) is 0 Å². The summed E-state index contributed by atoms with van der Waals surface area (Å²) in [7, 11) is 0. The van der Waals surface area contributed by atoms with Gasteiger partial charge >= 0.3 is 0 Å². The molecule has 2 heterocycles. The van der Waals surface area contributed by atoms with E-state index in [9.17, 15) is 14.4 Å². The lowest BCUT2D eigenvalue weighted by Crippen LogP contribution is -2.49. The third kappa shape index (κ3) is 9.14. The number of rotatable bonds is 15. The van der Waals surface area contributed by atoms with Crippen LogP contribution in [0.25, 0.3) is 0 Å². The fraction of sp³-hybridized carbons (Fsp3) is 0.486. The summed E-state index contributed by atoms with van der Waals surface area (Å²) in [6, 6.07) is 13.6. The third-order valence-electron chi connectivity index (χ3n) is 8.78. The van der Waals surface area contributed by atoms with Gasteiger partial charge in [-0.2, -0.15) is 0 Å². The highest BCUT2D eigenvalue weighted by atomic mass is 32.1. The number of aryl methyl sites for hydroxylation is 1. The Labute approximate surface area is 278 Å². The number of benzene rings is 2. The first-order valence-corrected chi connectivity index (χ1v) is 16.6. The molecule has 2 aliphatic rings. The van der Waals surface area contributed by atoms with Gasteiger partial charge in [0.2, 0.25) is 11.8 Å². The minimum absolute atomic E-state index is 0.00663. The van der Waals surface area contributed by atoms with Gasteiger partial charge in [-0.1, -0.05) is 38.7 Å². The number of carbonyl (C=O) groups is 3. The number of anilines is 3. The molecule has 0 aliphatic carbocycles. The highest BCUT2D eigenvalue weighted by Crippen LogP contribution is 2.30. The molecule has 1 atom stereocenters. The van der Waals surface area contributed by atoms with Crippen molar-refractivity contribution in [3.05, 3.63) is 60.3 Å². The summed E-state index contributed by atoms with van der Waals surface area (Å²) in [5.41, 5.74) is 5.05. The lowest BCUT2D eigenvalue weighted by Gasteiger charge is -2.36.